The molecule has 9 nitrogen and oxygen atoms in total. The molecule has 3 aromatic carbocycles. The van der Waals surface area contributed by atoms with Crippen LogP contribution in [0, 0.1) is 0 Å². The predicted molar refractivity (Wildman–Crippen MR) is 156 cm³/mol. The van der Waals surface area contributed by atoms with Crippen molar-refractivity contribution in [1.82, 2.24) is 19.5 Å². The monoisotopic (exact) mass is 567 g/mol. The van der Waals surface area contributed by atoms with Crippen molar-refractivity contribution in [2.75, 3.05) is 11.1 Å². The number of carbonyl (C=O) groups excluding carboxylic acids is 1. The van der Waals surface area contributed by atoms with Crippen molar-refractivity contribution in [3.05, 3.63) is 114 Å². The average Bonchev–Trinajstić information content (AvgIpc) is 3.44. The Morgan fingerprint density at radius 1 is 1.02 bits per heavy atom. The van der Waals surface area contributed by atoms with Crippen LogP contribution in [0.1, 0.15) is 46.0 Å². The van der Waals surface area contributed by atoms with E-state index < -0.39 is 6.29 Å². The van der Waals surface area contributed by atoms with Gasteiger partial charge in [-0.1, -0.05) is 60.3 Å². The molecule has 1 aliphatic heterocycles. The highest BCUT2D eigenvalue weighted by Gasteiger charge is 2.32. The van der Waals surface area contributed by atoms with E-state index in [9.17, 15) is 9.90 Å². The number of para-hydroxylation sites is 2. The van der Waals surface area contributed by atoms with Gasteiger partial charge in [0, 0.05) is 42.9 Å². The van der Waals surface area contributed by atoms with Crippen LogP contribution in [-0.2, 0) is 23.1 Å². The van der Waals surface area contributed by atoms with Crippen molar-refractivity contribution < 1.29 is 19.4 Å². The molecule has 1 saturated heterocycles. The van der Waals surface area contributed by atoms with Gasteiger partial charge in [-0.15, -0.1) is 0 Å². The molecule has 1 amide bonds. The standard InChI is InChI=1S/C31H29N5O4S/c1-36-14-13-32-31(36)41-19-24-16-28(21-11-9-20(18-37)10-12-21)40-30(39-24)22-5-4-6-23(15-22)34-29(38)27-17-33-25-7-2-3-8-26(25)35-27/h2-15,17,24,28,30,37H,16,18-19H2,1H3,(H,34,38). The summed E-state index contributed by atoms with van der Waals surface area (Å²) in [5.41, 5.74) is 4.87. The summed E-state index contributed by atoms with van der Waals surface area (Å²) in [6.07, 6.45) is 4.89. The Bertz CT molecular complexity index is 1660. The first-order chi connectivity index (χ1) is 20.1. The molecular weight excluding hydrogens is 538 g/mol. The maximum Gasteiger partial charge on any atom is 0.275 e. The summed E-state index contributed by atoms with van der Waals surface area (Å²) in [6, 6.07) is 22.7. The summed E-state index contributed by atoms with van der Waals surface area (Å²) in [6.45, 7) is -0.0101. The third-order valence-corrected chi connectivity index (χ3v) is 8.08. The number of aliphatic hydroxyl groups excluding tert-OH is 1. The molecule has 5 aromatic rings. The van der Waals surface area contributed by atoms with Crippen molar-refractivity contribution in [1.29, 1.82) is 0 Å². The molecule has 1 aliphatic rings. The van der Waals surface area contributed by atoms with Crippen molar-refractivity contribution >= 4 is 34.4 Å². The molecule has 0 bridgehead atoms. The number of rotatable bonds is 8. The fraction of sp³-hybridized carbons (Fsp3) is 0.226. The molecule has 0 aliphatic carbocycles. The number of fused-ring (bicyclic) bond motifs is 1. The lowest BCUT2D eigenvalue weighted by molar-refractivity contribution is -0.245. The molecule has 3 unspecified atom stereocenters. The molecule has 3 atom stereocenters. The van der Waals surface area contributed by atoms with Gasteiger partial charge in [-0.25, -0.2) is 9.97 Å². The number of nitrogens with one attached hydrogen (secondary N) is 1. The van der Waals surface area contributed by atoms with E-state index in [0.29, 0.717) is 23.4 Å². The molecule has 0 saturated carbocycles. The number of aryl methyl sites for hydroxylation is 1. The summed E-state index contributed by atoms with van der Waals surface area (Å²) in [7, 11) is 1.97. The third kappa shape index (κ3) is 6.31. The first-order valence-corrected chi connectivity index (χ1v) is 14.3. The number of aliphatic hydroxyl groups is 1. The van der Waals surface area contributed by atoms with Gasteiger partial charge >= 0.3 is 0 Å². The molecule has 10 heteroatoms. The van der Waals surface area contributed by atoms with Crippen LogP contribution in [0.25, 0.3) is 11.0 Å². The van der Waals surface area contributed by atoms with Gasteiger partial charge in [0.1, 0.15) is 5.69 Å². The lowest BCUT2D eigenvalue weighted by Gasteiger charge is -2.36. The lowest BCUT2D eigenvalue weighted by Crippen LogP contribution is -2.31. The zero-order valence-electron chi connectivity index (χ0n) is 22.4. The topological polar surface area (TPSA) is 111 Å². The number of carbonyl (C=O) groups is 1. The minimum absolute atomic E-state index is 0.0101. The Morgan fingerprint density at radius 2 is 1.85 bits per heavy atom. The summed E-state index contributed by atoms with van der Waals surface area (Å²) in [5.74, 6) is 0.351. The van der Waals surface area contributed by atoms with E-state index in [2.05, 4.69) is 20.3 Å². The molecule has 6 rings (SSSR count). The van der Waals surface area contributed by atoms with Gasteiger partial charge in [0.2, 0.25) is 0 Å². The Labute approximate surface area is 241 Å². The maximum absolute atomic E-state index is 13.0. The molecule has 41 heavy (non-hydrogen) atoms. The molecule has 0 spiro atoms. The smallest absolute Gasteiger partial charge is 0.275 e. The highest BCUT2D eigenvalue weighted by Crippen LogP contribution is 2.39. The third-order valence-electron chi connectivity index (χ3n) is 6.89. The largest absolute Gasteiger partial charge is 0.392 e. The highest BCUT2D eigenvalue weighted by atomic mass is 32.2. The quantitative estimate of drug-likeness (QED) is 0.238. The van der Waals surface area contributed by atoms with Gasteiger partial charge in [0.15, 0.2) is 11.4 Å². The second-order valence-electron chi connectivity index (χ2n) is 9.81. The van der Waals surface area contributed by atoms with Crippen LogP contribution in [0.4, 0.5) is 5.69 Å². The van der Waals surface area contributed by atoms with E-state index in [1.54, 1.807) is 18.0 Å². The van der Waals surface area contributed by atoms with Gasteiger partial charge in [-0.05, 0) is 35.4 Å². The number of aromatic nitrogens is 4. The zero-order valence-corrected chi connectivity index (χ0v) is 23.2. The lowest BCUT2D eigenvalue weighted by atomic mass is 10.0. The zero-order chi connectivity index (χ0) is 28.2. The molecule has 208 valence electrons. The molecule has 3 heterocycles. The van der Waals surface area contributed by atoms with Gasteiger partial charge in [-0.2, -0.15) is 0 Å². The number of nitrogens with zero attached hydrogens (tertiary/aromatic N) is 4. The van der Waals surface area contributed by atoms with E-state index >= 15 is 0 Å². The number of hydrogen-bond donors (Lipinski definition) is 2. The normalized spacial score (nSPS) is 18.8. The van der Waals surface area contributed by atoms with Crippen LogP contribution in [0.5, 0.6) is 0 Å². The van der Waals surface area contributed by atoms with Crippen LogP contribution in [0.15, 0.2) is 96.5 Å². The molecule has 2 N–H and O–H groups in total. The Balaban J connectivity index is 1.21. The van der Waals surface area contributed by atoms with E-state index in [1.807, 2.05) is 90.6 Å². The summed E-state index contributed by atoms with van der Waals surface area (Å²) in [5, 5.41) is 13.3. The molecule has 1 fully saturated rings. The number of thioether (sulfide) groups is 1. The molecular formula is C31H29N5O4S. The summed E-state index contributed by atoms with van der Waals surface area (Å²) < 4.78 is 14.9. The second-order valence-corrected chi connectivity index (χ2v) is 10.8. The Morgan fingerprint density at radius 3 is 2.63 bits per heavy atom. The van der Waals surface area contributed by atoms with Crippen molar-refractivity contribution in [3.63, 3.8) is 0 Å². The van der Waals surface area contributed by atoms with Crippen LogP contribution in [0.3, 0.4) is 0 Å². The van der Waals surface area contributed by atoms with Crippen LogP contribution in [0.2, 0.25) is 0 Å². The molecule has 2 aromatic heterocycles. The van der Waals surface area contributed by atoms with Crippen molar-refractivity contribution in [2.45, 2.75) is 36.7 Å². The Kier molecular flexibility index (Phi) is 8.06. The van der Waals surface area contributed by atoms with Crippen LogP contribution >= 0.6 is 11.8 Å². The Hall–Kier alpha value is -4.09. The van der Waals surface area contributed by atoms with Gasteiger partial charge in [-0.3, -0.25) is 9.78 Å². The maximum atomic E-state index is 13.0. The molecule has 0 radical (unpaired) electrons. The van der Waals surface area contributed by atoms with Crippen molar-refractivity contribution in [2.24, 2.45) is 7.05 Å². The fourth-order valence-electron chi connectivity index (χ4n) is 4.71. The minimum Gasteiger partial charge on any atom is -0.392 e. The predicted octanol–water partition coefficient (Wildman–Crippen LogP) is 5.45. The number of hydrogen-bond acceptors (Lipinski definition) is 8. The van der Waals surface area contributed by atoms with E-state index in [0.717, 1.165) is 27.4 Å². The average molecular weight is 568 g/mol. The minimum atomic E-state index is -0.643. The SMILES string of the molecule is Cn1ccnc1SCC1CC(c2ccc(CO)cc2)OC(c2cccc(NC(=O)c3cnc4ccccc4n3)c2)O1. The van der Waals surface area contributed by atoms with E-state index in [4.69, 9.17) is 9.47 Å². The number of benzene rings is 3. The first kappa shape index (κ1) is 27.1. The fourth-order valence-corrected chi connectivity index (χ4v) is 5.66. The van der Waals surface area contributed by atoms with Gasteiger partial charge < -0.3 is 24.5 Å². The summed E-state index contributed by atoms with van der Waals surface area (Å²) >= 11 is 1.64. The highest BCUT2D eigenvalue weighted by molar-refractivity contribution is 7.99. The van der Waals surface area contributed by atoms with Gasteiger partial charge in [0.25, 0.3) is 5.91 Å². The summed E-state index contributed by atoms with van der Waals surface area (Å²) in [4.78, 5) is 26.2. The van der Waals surface area contributed by atoms with Crippen molar-refractivity contribution in [3.8, 4) is 0 Å². The van der Waals surface area contributed by atoms with Gasteiger partial charge in [0.05, 0.1) is 36.0 Å². The van der Waals surface area contributed by atoms with Crippen LogP contribution < -0.4 is 5.32 Å². The number of anilines is 1. The van der Waals surface area contributed by atoms with E-state index in [-0.39, 0.29) is 30.4 Å². The number of imidazole rings is 1. The first-order valence-electron chi connectivity index (χ1n) is 13.3. The van der Waals surface area contributed by atoms with Crippen LogP contribution in [-0.4, -0.2) is 42.4 Å². The number of amides is 1. The van der Waals surface area contributed by atoms with E-state index in [1.165, 1.54) is 6.20 Å². The number of ether oxygens (including phenoxy) is 2. The second kappa shape index (κ2) is 12.2.